The molecule has 1 N–H and O–H groups in total. The number of nitrogens with zero attached hydrogens (tertiary/aromatic N) is 2. The molecule has 2 aromatic rings. The Morgan fingerprint density at radius 2 is 1.56 bits per heavy atom. The van der Waals surface area contributed by atoms with E-state index in [1.54, 1.807) is 0 Å². The van der Waals surface area contributed by atoms with Crippen LogP contribution in [0.3, 0.4) is 0 Å². The predicted molar refractivity (Wildman–Crippen MR) is 80.0 cm³/mol. The fourth-order valence-electron chi connectivity index (χ4n) is 1.95. The number of hydrogen-bond donors (Lipinski definition) is 1. The van der Waals surface area contributed by atoms with Gasteiger partial charge in [0.15, 0.2) is 17.2 Å². The molecule has 0 aliphatic rings. The summed E-state index contributed by atoms with van der Waals surface area (Å²) in [6.45, 7) is 2.05. The molecular weight excluding hydrogens is 336 g/mol. The molecule has 0 atom stereocenters. The third kappa shape index (κ3) is 4.25. The molecule has 0 saturated carbocycles. The van der Waals surface area contributed by atoms with Gasteiger partial charge in [0.1, 0.15) is 12.3 Å². The van der Waals surface area contributed by atoms with Gasteiger partial charge in [0, 0.05) is 26.0 Å². The summed E-state index contributed by atoms with van der Waals surface area (Å²) in [5.74, 6) is -2.91. The number of aromatic nitrogens is 2. The zero-order valence-corrected chi connectivity index (χ0v) is 13.1. The Bertz CT molecular complexity index is 877. The molecule has 25 heavy (non-hydrogen) atoms. The highest BCUT2D eigenvalue weighted by atomic mass is 16.6. The van der Waals surface area contributed by atoms with Gasteiger partial charge < -0.3 is 19.3 Å². The lowest BCUT2D eigenvalue weighted by Crippen LogP contribution is -2.11. The van der Waals surface area contributed by atoms with E-state index < -0.39 is 30.2 Å². The Morgan fingerprint density at radius 3 is 2.00 bits per heavy atom. The van der Waals surface area contributed by atoms with Crippen LogP contribution in [0.15, 0.2) is 12.1 Å². The van der Waals surface area contributed by atoms with Crippen molar-refractivity contribution in [3.63, 3.8) is 0 Å². The average Bonchev–Trinajstić information content (AvgIpc) is 2.51. The number of rotatable bonds is 6. The summed E-state index contributed by atoms with van der Waals surface area (Å²) in [6, 6.07) is 2.48. The number of carbonyl (C=O) groups excluding carboxylic acids is 3. The first-order valence-corrected chi connectivity index (χ1v) is 6.82. The van der Waals surface area contributed by atoms with Gasteiger partial charge >= 0.3 is 17.9 Å². The van der Waals surface area contributed by atoms with Crippen LogP contribution in [0.5, 0.6) is 11.5 Å². The van der Waals surface area contributed by atoms with Crippen molar-refractivity contribution in [2.24, 2.45) is 0 Å². The van der Waals surface area contributed by atoms with Gasteiger partial charge in [-0.15, -0.1) is 0 Å². The second-order valence-electron chi connectivity index (χ2n) is 4.71. The lowest BCUT2D eigenvalue weighted by molar-refractivity contribution is -0.134. The van der Waals surface area contributed by atoms with E-state index in [1.807, 2.05) is 0 Å². The minimum atomic E-state index is -1.38. The Balaban J connectivity index is 2.66. The van der Waals surface area contributed by atoms with E-state index in [1.165, 1.54) is 12.1 Å². The maximum absolute atomic E-state index is 11.3. The topological polar surface area (TPSA) is 142 Å². The van der Waals surface area contributed by atoms with Gasteiger partial charge in [-0.2, -0.15) is 0 Å². The van der Waals surface area contributed by atoms with Crippen molar-refractivity contribution < 1.29 is 38.5 Å². The summed E-state index contributed by atoms with van der Waals surface area (Å²) >= 11 is 0. The molecule has 0 aliphatic heterocycles. The Kier molecular flexibility index (Phi) is 5.22. The molecule has 0 aliphatic carbocycles. The number of ether oxygens (including phenoxy) is 3. The van der Waals surface area contributed by atoms with Crippen LogP contribution >= 0.6 is 0 Å². The zero-order chi connectivity index (χ0) is 18.6. The first kappa shape index (κ1) is 17.8. The second kappa shape index (κ2) is 7.34. The van der Waals surface area contributed by atoms with E-state index in [2.05, 4.69) is 14.7 Å². The summed E-state index contributed by atoms with van der Waals surface area (Å²) in [5, 5.41) is 9.21. The number of fused-ring (bicyclic) bond motifs is 1. The van der Waals surface area contributed by atoms with Gasteiger partial charge in [0.05, 0.1) is 11.0 Å². The van der Waals surface area contributed by atoms with Crippen LogP contribution < -0.4 is 9.47 Å². The summed E-state index contributed by atoms with van der Waals surface area (Å²) in [4.78, 5) is 52.0. The smallest absolute Gasteiger partial charge is 0.356 e. The van der Waals surface area contributed by atoms with Gasteiger partial charge in [0.25, 0.3) is 6.47 Å². The number of benzene rings is 1. The average molecular weight is 348 g/mol. The molecule has 0 bridgehead atoms. The Labute approximate surface area is 140 Å². The first-order valence-electron chi connectivity index (χ1n) is 6.82. The van der Waals surface area contributed by atoms with Crippen molar-refractivity contribution in [2.45, 2.75) is 20.5 Å². The molecule has 0 radical (unpaired) electrons. The Hall–Kier alpha value is -3.56. The highest BCUT2D eigenvalue weighted by molar-refractivity contribution is 5.91. The molecule has 1 aromatic carbocycles. The number of hydrogen-bond acceptors (Lipinski definition) is 9. The van der Waals surface area contributed by atoms with Gasteiger partial charge in [-0.3, -0.25) is 14.4 Å². The zero-order valence-electron chi connectivity index (χ0n) is 13.1. The first-order chi connectivity index (χ1) is 11.8. The minimum Gasteiger partial charge on any atom is -0.476 e. The highest BCUT2D eigenvalue weighted by Gasteiger charge is 2.19. The second-order valence-corrected chi connectivity index (χ2v) is 4.71. The SMILES string of the molecule is CC(=O)Oc1cc2nc(COC=O)c(C(=O)O)nc2cc1OC(C)=O. The van der Waals surface area contributed by atoms with Gasteiger partial charge in [-0.05, 0) is 0 Å². The minimum absolute atomic E-state index is 0.0828. The fraction of sp³-hybridized carbons (Fsp3) is 0.200. The molecule has 0 unspecified atom stereocenters. The Morgan fingerprint density at radius 1 is 1.04 bits per heavy atom. The summed E-state index contributed by atoms with van der Waals surface area (Å²) in [6.07, 6.45) is 0. The quantitative estimate of drug-likeness (QED) is 0.453. The third-order valence-electron chi connectivity index (χ3n) is 2.80. The molecule has 0 spiro atoms. The summed E-state index contributed by atoms with van der Waals surface area (Å²) in [5.41, 5.74) is -0.287. The van der Waals surface area contributed by atoms with Crippen LogP contribution in [-0.2, 0) is 25.7 Å². The van der Waals surface area contributed by atoms with Crippen molar-refractivity contribution in [3.05, 3.63) is 23.5 Å². The molecule has 2 rings (SSSR count). The summed E-state index contributed by atoms with van der Waals surface area (Å²) < 4.78 is 14.4. The monoisotopic (exact) mass is 348 g/mol. The maximum atomic E-state index is 11.3. The fourth-order valence-corrected chi connectivity index (χ4v) is 1.95. The maximum Gasteiger partial charge on any atom is 0.356 e. The standard InChI is InChI=1S/C15H12N2O8/c1-7(19)24-12-3-9-10(4-13(12)25-8(2)20)17-14(15(21)22)11(16-9)5-23-6-18/h3-4,6H,5H2,1-2H3,(H,21,22). The normalized spacial score (nSPS) is 10.2. The van der Waals surface area contributed by atoms with Crippen molar-refractivity contribution in [1.82, 2.24) is 9.97 Å². The van der Waals surface area contributed by atoms with Gasteiger partial charge in [-0.25, -0.2) is 14.8 Å². The van der Waals surface area contributed by atoms with E-state index in [9.17, 15) is 24.3 Å². The molecule has 0 fully saturated rings. The van der Waals surface area contributed by atoms with Gasteiger partial charge in [0.2, 0.25) is 0 Å². The van der Waals surface area contributed by atoms with Crippen LogP contribution in [-0.4, -0.2) is 39.5 Å². The van der Waals surface area contributed by atoms with Crippen molar-refractivity contribution in [1.29, 1.82) is 0 Å². The number of aromatic carboxylic acids is 1. The molecular formula is C15H12N2O8. The lowest BCUT2D eigenvalue weighted by Gasteiger charge is -2.11. The van der Waals surface area contributed by atoms with Crippen molar-refractivity contribution in [2.75, 3.05) is 0 Å². The van der Waals surface area contributed by atoms with E-state index in [4.69, 9.17) is 9.47 Å². The highest BCUT2D eigenvalue weighted by Crippen LogP contribution is 2.32. The predicted octanol–water partition coefficient (Wildman–Crippen LogP) is 0.852. The molecule has 10 heteroatoms. The van der Waals surface area contributed by atoms with Crippen LogP contribution in [0.2, 0.25) is 0 Å². The van der Waals surface area contributed by atoms with Crippen LogP contribution in [0.1, 0.15) is 30.0 Å². The molecule has 130 valence electrons. The lowest BCUT2D eigenvalue weighted by atomic mass is 10.2. The van der Waals surface area contributed by atoms with Crippen LogP contribution in [0, 0.1) is 0 Å². The van der Waals surface area contributed by atoms with E-state index in [0.717, 1.165) is 13.8 Å². The number of carbonyl (C=O) groups is 4. The molecule has 0 amide bonds. The van der Waals surface area contributed by atoms with Gasteiger partial charge in [-0.1, -0.05) is 0 Å². The molecule has 0 saturated heterocycles. The van der Waals surface area contributed by atoms with Crippen LogP contribution in [0.25, 0.3) is 11.0 Å². The molecule has 10 nitrogen and oxygen atoms in total. The number of carboxylic acid groups (broad SMARTS) is 1. The van der Waals surface area contributed by atoms with Crippen molar-refractivity contribution in [3.8, 4) is 11.5 Å². The largest absolute Gasteiger partial charge is 0.476 e. The number of esters is 2. The van der Waals surface area contributed by atoms with E-state index in [0.29, 0.717) is 0 Å². The van der Waals surface area contributed by atoms with Crippen LogP contribution in [0.4, 0.5) is 0 Å². The van der Waals surface area contributed by atoms with Crippen molar-refractivity contribution >= 4 is 35.4 Å². The van der Waals surface area contributed by atoms with E-state index >= 15 is 0 Å². The van der Waals surface area contributed by atoms with E-state index in [-0.39, 0.29) is 34.7 Å². The summed E-state index contributed by atoms with van der Waals surface area (Å²) in [7, 11) is 0. The third-order valence-corrected chi connectivity index (χ3v) is 2.80. The molecule has 1 aromatic heterocycles. The number of carboxylic acids is 1. The molecule has 1 heterocycles.